The van der Waals surface area contributed by atoms with Crippen molar-refractivity contribution in [1.29, 1.82) is 0 Å². The number of aliphatic hydroxyl groups is 1. The van der Waals surface area contributed by atoms with Crippen molar-refractivity contribution in [2.75, 3.05) is 25.5 Å². The van der Waals surface area contributed by atoms with Crippen LogP contribution < -0.4 is 9.62 Å². The molecule has 0 saturated heterocycles. The van der Waals surface area contributed by atoms with Crippen molar-refractivity contribution >= 4 is 15.7 Å². The first-order chi connectivity index (χ1) is 10.4. The molecule has 22 heavy (non-hydrogen) atoms. The van der Waals surface area contributed by atoms with E-state index in [4.69, 9.17) is 0 Å². The Kier molecular flexibility index (Phi) is 5.83. The van der Waals surface area contributed by atoms with Gasteiger partial charge in [0.1, 0.15) is 0 Å². The van der Waals surface area contributed by atoms with Gasteiger partial charge in [-0.1, -0.05) is 31.4 Å². The fraction of sp³-hybridized carbons (Fsp3) is 0.625. The number of hydrogen-bond donors (Lipinski definition) is 2. The minimum absolute atomic E-state index is 0.0279. The molecule has 0 radical (unpaired) electrons. The summed E-state index contributed by atoms with van der Waals surface area (Å²) >= 11 is 0. The predicted octanol–water partition coefficient (Wildman–Crippen LogP) is 2.04. The Morgan fingerprint density at radius 1 is 1.18 bits per heavy atom. The first kappa shape index (κ1) is 17.2. The lowest BCUT2D eigenvalue weighted by molar-refractivity contribution is 0.182. The zero-order valence-corrected chi connectivity index (χ0v) is 14.1. The standard InChI is InChI=1S/C16H26N2O3S/c1-18(2)14-10-8-13(9-11-14)16(19)12-17-22(20,21)15-6-4-3-5-7-15/h8-11,15-17,19H,3-7,12H2,1-2H3. The van der Waals surface area contributed by atoms with Crippen LogP contribution in [0, 0.1) is 0 Å². The molecular weight excluding hydrogens is 300 g/mol. The number of nitrogens with zero attached hydrogens (tertiary/aromatic N) is 1. The minimum Gasteiger partial charge on any atom is -0.387 e. The van der Waals surface area contributed by atoms with Crippen LogP contribution in [0.5, 0.6) is 0 Å². The van der Waals surface area contributed by atoms with E-state index in [0.29, 0.717) is 0 Å². The topological polar surface area (TPSA) is 69.6 Å². The third-order valence-corrected chi connectivity index (χ3v) is 6.18. The summed E-state index contributed by atoms with van der Waals surface area (Å²) < 4.78 is 27.0. The van der Waals surface area contributed by atoms with E-state index in [1.165, 1.54) is 0 Å². The van der Waals surface area contributed by atoms with Crippen LogP contribution in [0.4, 0.5) is 5.69 Å². The fourth-order valence-electron chi connectivity index (χ4n) is 2.80. The van der Waals surface area contributed by atoms with Gasteiger partial charge in [-0.15, -0.1) is 0 Å². The van der Waals surface area contributed by atoms with E-state index in [0.717, 1.165) is 43.4 Å². The van der Waals surface area contributed by atoms with E-state index in [1.54, 1.807) is 0 Å². The molecule has 2 rings (SSSR count). The van der Waals surface area contributed by atoms with Crippen LogP contribution in [-0.4, -0.2) is 39.4 Å². The molecule has 1 unspecified atom stereocenters. The number of nitrogens with one attached hydrogen (secondary N) is 1. The van der Waals surface area contributed by atoms with Crippen LogP contribution >= 0.6 is 0 Å². The summed E-state index contributed by atoms with van der Waals surface area (Å²) in [5.74, 6) is 0. The van der Waals surface area contributed by atoms with Crippen LogP contribution in [0.3, 0.4) is 0 Å². The number of anilines is 1. The average Bonchev–Trinajstić information content (AvgIpc) is 2.53. The number of hydrogen-bond acceptors (Lipinski definition) is 4. The largest absolute Gasteiger partial charge is 0.387 e. The molecule has 0 aliphatic heterocycles. The van der Waals surface area contributed by atoms with Gasteiger partial charge in [0.15, 0.2) is 0 Å². The number of benzene rings is 1. The molecule has 1 fully saturated rings. The Hall–Kier alpha value is -1.11. The fourth-order valence-corrected chi connectivity index (χ4v) is 4.38. The highest BCUT2D eigenvalue weighted by Crippen LogP contribution is 2.23. The Morgan fingerprint density at radius 3 is 2.32 bits per heavy atom. The minimum atomic E-state index is -3.33. The second-order valence-corrected chi connectivity index (χ2v) is 8.20. The van der Waals surface area contributed by atoms with Gasteiger partial charge in [0.25, 0.3) is 0 Å². The molecule has 2 N–H and O–H groups in total. The summed E-state index contributed by atoms with van der Waals surface area (Å²) in [4.78, 5) is 1.97. The predicted molar refractivity (Wildman–Crippen MR) is 89.5 cm³/mol. The number of aliphatic hydroxyl groups excluding tert-OH is 1. The molecule has 1 saturated carbocycles. The van der Waals surface area contributed by atoms with Crippen molar-refractivity contribution in [2.45, 2.75) is 43.5 Å². The van der Waals surface area contributed by atoms with E-state index < -0.39 is 16.1 Å². The number of rotatable bonds is 6. The van der Waals surface area contributed by atoms with E-state index in [-0.39, 0.29) is 11.8 Å². The first-order valence-electron chi connectivity index (χ1n) is 7.84. The maximum absolute atomic E-state index is 12.2. The molecule has 0 amide bonds. The summed E-state index contributed by atoms with van der Waals surface area (Å²) in [7, 11) is 0.570. The molecule has 6 heteroatoms. The van der Waals surface area contributed by atoms with Gasteiger partial charge in [-0.2, -0.15) is 0 Å². The molecule has 0 aromatic heterocycles. The molecule has 1 aliphatic carbocycles. The van der Waals surface area contributed by atoms with Crippen LogP contribution in [0.1, 0.15) is 43.8 Å². The quantitative estimate of drug-likeness (QED) is 0.839. The lowest BCUT2D eigenvalue weighted by atomic mass is 10.0. The van der Waals surface area contributed by atoms with Crippen LogP contribution in [-0.2, 0) is 10.0 Å². The van der Waals surface area contributed by atoms with E-state index in [9.17, 15) is 13.5 Å². The van der Waals surface area contributed by atoms with E-state index >= 15 is 0 Å². The Morgan fingerprint density at radius 2 is 1.77 bits per heavy atom. The van der Waals surface area contributed by atoms with Crippen LogP contribution in [0.15, 0.2) is 24.3 Å². The lowest BCUT2D eigenvalue weighted by Crippen LogP contribution is -2.37. The third kappa shape index (κ3) is 4.44. The second kappa shape index (κ2) is 7.44. The Labute approximate surface area is 133 Å². The molecule has 1 aromatic rings. The molecule has 1 atom stereocenters. The molecule has 0 bridgehead atoms. The maximum Gasteiger partial charge on any atom is 0.214 e. The maximum atomic E-state index is 12.2. The van der Waals surface area contributed by atoms with Crippen molar-refractivity contribution < 1.29 is 13.5 Å². The smallest absolute Gasteiger partial charge is 0.214 e. The molecule has 0 heterocycles. The highest BCUT2D eigenvalue weighted by Gasteiger charge is 2.27. The normalized spacial score (nSPS) is 18.1. The third-order valence-electron chi connectivity index (χ3n) is 4.26. The van der Waals surface area contributed by atoms with Gasteiger partial charge in [-0.25, -0.2) is 13.1 Å². The summed E-state index contributed by atoms with van der Waals surface area (Å²) in [6.07, 6.45) is 3.69. The van der Waals surface area contributed by atoms with Crippen molar-refractivity contribution in [2.24, 2.45) is 0 Å². The van der Waals surface area contributed by atoms with E-state index in [1.807, 2.05) is 43.3 Å². The van der Waals surface area contributed by atoms with Gasteiger partial charge < -0.3 is 10.0 Å². The molecule has 5 nitrogen and oxygen atoms in total. The SMILES string of the molecule is CN(C)c1ccc(C(O)CNS(=O)(=O)C2CCCCC2)cc1. The van der Waals surface area contributed by atoms with Gasteiger partial charge in [-0.3, -0.25) is 0 Å². The summed E-state index contributed by atoms with van der Waals surface area (Å²) in [5.41, 5.74) is 1.76. The molecular formula is C16H26N2O3S. The highest BCUT2D eigenvalue weighted by molar-refractivity contribution is 7.90. The van der Waals surface area contributed by atoms with E-state index in [2.05, 4.69) is 4.72 Å². The van der Waals surface area contributed by atoms with Crippen molar-refractivity contribution in [1.82, 2.24) is 4.72 Å². The molecule has 1 aliphatic rings. The molecule has 0 spiro atoms. The molecule has 1 aromatic carbocycles. The van der Waals surface area contributed by atoms with Crippen molar-refractivity contribution in [3.63, 3.8) is 0 Å². The second-order valence-electron chi connectivity index (χ2n) is 6.16. The monoisotopic (exact) mass is 326 g/mol. The molecule has 124 valence electrons. The van der Waals surface area contributed by atoms with Gasteiger partial charge >= 0.3 is 0 Å². The summed E-state index contributed by atoms with van der Waals surface area (Å²) in [5, 5.41) is 9.87. The van der Waals surface area contributed by atoms with Crippen molar-refractivity contribution in [3.8, 4) is 0 Å². The zero-order valence-electron chi connectivity index (χ0n) is 13.3. The highest BCUT2D eigenvalue weighted by atomic mass is 32.2. The summed E-state index contributed by atoms with van der Waals surface area (Å²) in [6, 6.07) is 7.48. The van der Waals surface area contributed by atoms with Gasteiger partial charge in [0, 0.05) is 26.3 Å². The van der Waals surface area contributed by atoms with Crippen LogP contribution in [0.25, 0.3) is 0 Å². The van der Waals surface area contributed by atoms with Crippen molar-refractivity contribution in [3.05, 3.63) is 29.8 Å². The Bertz CT molecular complexity index is 564. The lowest BCUT2D eigenvalue weighted by Gasteiger charge is -2.23. The van der Waals surface area contributed by atoms with Gasteiger partial charge in [0.2, 0.25) is 10.0 Å². The number of sulfonamides is 1. The van der Waals surface area contributed by atoms with Gasteiger partial charge in [-0.05, 0) is 30.5 Å². The Balaban J connectivity index is 1.92. The first-order valence-corrected chi connectivity index (χ1v) is 9.38. The summed E-state index contributed by atoms with van der Waals surface area (Å²) in [6.45, 7) is 0.0279. The average molecular weight is 326 g/mol. The zero-order chi connectivity index (χ0) is 16.2. The van der Waals surface area contributed by atoms with Gasteiger partial charge in [0.05, 0.1) is 11.4 Å². The van der Waals surface area contributed by atoms with Crippen LogP contribution in [0.2, 0.25) is 0 Å².